The SMILES string of the molecule is O=c1[nH]c(-c2ccc(O)c(O)c2)nc(O)c1Br. The summed E-state index contributed by atoms with van der Waals surface area (Å²) < 4.78 is -0.0655. The van der Waals surface area contributed by atoms with Crippen LogP contribution in [-0.2, 0) is 0 Å². The Labute approximate surface area is 103 Å². The molecule has 0 saturated carbocycles. The lowest BCUT2D eigenvalue weighted by atomic mass is 10.2. The first-order valence-corrected chi connectivity index (χ1v) is 5.29. The molecule has 6 nitrogen and oxygen atoms in total. The van der Waals surface area contributed by atoms with Gasteiger partial charge in [0, 0.05) is 5.56 Å². The lowest BCUT2D eigenvalue weighted by Gasteiger charge is -2.04. The molecule has 0 fully saturated rings. The number of hydrogen-bond donors (Lipinski definition) is 4. The van der Waals surface area contributed by atoms with E-state index >= 15 is 0 Å². The van der Waals surface area contributed by atoms with E-state index in [-0.39, 0.29) is 21.8 Å². The van der Waals surface area contributed by atoms with E-state index in [1.54, 1.807) is 0 Å². The Hall–Kier alpha value is -2.02. The van der Waals surface area contributed by atoms with Gasteiger partial charge in [-0.2, -0.15) is 4.98 Å². The van der Waals surface area contributed by atoms with E-state index in [1.807, 2.05) is 0 Å². The summed E-state index contributed by atoms with van der Waals surface area (Å²) in [5.74, 6) is -0.979. The summed E-state index contributed by atoms with van der Waals surface area (Å²) in [6.07, 6.45) is 0. The van der Waals surface area contributed by atoms with Gasteiger partial charge in [0.1, 0.15) is 10.3 Å². The minimum Gasteiger partial charge on any atom is -0.504 e. The second-order valence-electron chi connectivity index (χ2n) is 3.26. The van der Waals surface area contributed by atoms with Gasteiger partial charge in [0.05, 0.1) is 0 Å². The highest BCUT2D eigenvalue weighted by Crippen LogP contribution is 2.29. The summed E-state index contributed by atoms with van der Waals surface area (Å²) in [6, 6.07) is 3.92. The van der Waals surface area contributed by atoms with Gasteiger partial charge >= 0.3 is 0 Å². The quantitative estimate of drug-likeness (QED) is 0.594. The van der Waals surface area contributed by atoms with Crippen molar-refractivity contribution in [2.24, 2.45) is 0 Å². The number of aromatic amines is 1. The van der Waals surface area contributed by atoms with E-state index in [1.165, 1.54) is 18.2 Å². The predicted octanol–water partition coefficient (Wildman–Crippen LogP) is 1.32. The van der Waals surface area contributed by atoms with Crippen molar-refractivity contribution in [3.05, 3.63) is 33.0 Å². The van der Waals surface area contributed by atoms with Gasteiger partial charge in [-0.1, -0.05) is 0 Å². The lowest BCUT2D eigenvalue weighted by Crippen LogP contribution is -2.09. The second-order valence-corrected chi connectivity index (χ2v) is 4.05. The van der Waals surface area contributed by atoms with Crippen molar-refractivity contribution in [2.45, 2.75) is 0 Å². The molecule has 0 saturated heterocycles. The van der Waals surface area contributed by atoms with Gasteiger partial charge < -0.3 is 20.3 Å². The molecule has 88 valence electrons. The first-order chi connectivity index (χ1) is 7.99. The minimum atomic E-state index is -0.542. The number of halogens is 1. The number of nitrogens with zero attached hydrogens (tertiary/aromatic N) is 1. The molecule has 0 aliphatic rings. The molecule has 0 aliphatic heterocycles. The largest absolute Gasteiger partial charge is 0.504 e. The number of aromatic nitrogens is 2. The van der Waals surface area contributed by atoms with Crippen molar-refractivity contribution in [3.8, 4) is 28.8 Å². The Morgan fingerprint density at radius 1 is 1.18 bits per heavy atom. The summed E-state index contributed by atoms with van der Waals surface area (Å²) >= 11 is 2.87. The smallest absolute Gasteiger partial charge is 0.269 e. The van der Waals surface area contributed by atoms with Crippen LogP contribution in [0.15, 0.2) is 27.5 Å². The molecule has 1 aromatic heterocycles. The van der Waals surface area contributed by atoms with Crippen molar-refractivity contribution >= 4 is 15.9 Å². The molecule has 0 atom stereocenters. The van der Waals surface area contributed by atoms with E-state index in [2.05, 4.69) is 25.9 Å². The van der Waals surface area contributed by atoms with Gasteiger partial charge in [-0.25, -0.2) is 0 Å². The number of aromatic hydroxyl groups is 3. The molecule has 7 heteroatoms. The summed E-state index contributed by atoms with van der Waals surface area (Å²) in [7, 11) is 0. The van der Waals surface area contributed by atoms with Crippen LogP contribution in [0, 0.1) is 0 Å². The van der Waals surface area contributed by atoms with Crippen LogP contribution in [0.2, 0.25) is 0 Å². The fourth-order valence-corrected chi connectivity index (χ4v) is 1.44. The normalized spacial score (nSPS) is 10.4. The summed E-state index contributed by atoms with van der Waals surface area (Å²) in [6.45, 7) is 0. The number of phenols is 2. The standard InChI is InChI=1S/C10H7BrN2O4/c11-7-9(16)12-8(13-10(7)17)4-1-2-5(14)6(15)3-4/h1-3,14-15H,(H2,12,13,16,17). The second kappa shape index (κ2) is 4.10. The molecule has 4 N–H and O–H groups in total. The maximum absolute atomic E-state index is 11.4. The topological polar surface area (TPSA) is 106 Å². The van der Waals surface area contributed by atoms with Crippen LogP contribution < -0.4 is 5.56 Å². The van der Waals surface area contributed by atoms with Crippen LogP contribution >= 0.6 is 15.9 Å². The molecule has 2 aromatic rings. The summed E-state index contributed by atoms with van der Waals surface area (Å²) in [4.78, 5) is 17.5. The van der Waals surface area contributed by atoms with Crippen LogP contribution in [0.4, 0.5) is 0 Å². The number of phenolic OH excluding ortho intramolecular Hbond substituents is 2. The van der Waals surface area contributed by atoms with E-state index in [9.17, 15) is 15.0 Å². The van der Waals surface area contributed by atoms with Crippen LogP contribution in [-0.4, -0.2) is 25.3 Å². The van der Waals surface area contributed by atoms with Gasteiger partial charge in [0.15, 0.2) is 11.5 Å². The molecule has 0 unspecified atom stereocenters. The van der Waals surface area contributed by atoms with Crippen molar-refractivity contribution < 1.29 is 15.3 Å². The van der Waals surface area contributed by atoms with E-state index in [0.29, 0.717) is 5.56 Å². The number of benzene rings is 1. The first kappa shape index (κ1) is 11.5. The van der Waals surface area contributed by atoms with Crippen molar-refractivity contribution in [3.63, 3.8) is 0 Å². The third kappa shape index (κ3) is 2.09. The Bertz CT molecular complexity index is 639. The molecule has 1 heterocycles. The maximum Gasteiger partial charge on any atom is 0.269 e. The molecule has 0 aliphatic carbocycles. The lowest BCUT2D eigenvalue weighted by molar-refractivity contribution is 0.404. The minimum absolute atomic E-state index is 0.0655. The third-order valence-electron chi connectivity index (χ3n) is 2.09. The van der Waals surface area contributed by atoms with Crippen LogP contribution in [0.5, 0.6) is 17.4 Å². The Morgan fingerprint density at radius 3 is 2.47 bits per heavy atom. The molecular weight excluding hydrogens is 292 g/mol. The Balaban J connectivity index is 2.61. The highest BCUT2D eigenvalue weighted by Gasteiger charge is 2.10. The number of nitrogens with one attached hydrogen (secondary N) is 1. The molecule has 0 spiro atoms. The average molecular weight is 299 g/mol. The van der Waals surface area contributed by atoms with E-state index in [0.717, 1.165) is 0 Å². The van der Waals surface area contributed by atoms with Gasteiger partial charge in [-0.15, -0.1) is 0 Å². The van der Waals surface area contributed by atoms with Crippen LogP contribution in [0.1, 0.15) is 0 Å². The molecule has 0 bridgehead atoms. The van der Waals surface area contributed by atoms with Crippen LogP contribution in [0.25, 0.3) is 11.4 Å². The zero-order chi connectivity index (χ0) is 12.6. The first-order valence-electron chi connectivity index (χ1n) is 4.50. The molecular formula is C10H7BrN2O4. The number of H-pyrrole nitrogens is 1. The Morgan fingerprint density at radius 2 is 1.88 bits per heavy atom. The number of rotatable bonds is 1. The summed E-state index contributed by atoms with van der Waals surface area (Å²) in [5, 5.41) is 27.8. The zero-order valence-corrected chi connectivity index (χ0v) is 9.89. The fourth-order valence-electron chi connectivity index (χ4n) is 1.25. The zero-order valence-electron chi connectivity index (χ0n) is 8.31. The van der Waals surface area contributed by atoms with Crippen molar-refractivity contribution in [2.75, 3.05) is 0 Å². The van der Waals surface area contributed by atoms with Gasteiger partial charge in [0.2, 0.25) is 5.88 Å². The fraction of sp³-hybridized carbons (Fsp3) is 0. The summed E-state index contributed by atoms with van der Waals surface area (Å²) in [5.41, 5.74) is -0.180. The van der Waals surface area contributed by atoms with E-state index in [4.69, 9.17) is 5.11 Å². The molecule has 2 rings (SSSR count). The van der Waals surface area contributed by atoms with Crippen molar-refractivity contribution in [1.29, 1.82) is 0 Å². The van der Waals surface area contributed by atoms with Gasteiger partial charge in [-0.3, -0.25) is 4.79 Å². The van der Waals surface area contributed by atoms with Gasteiger partial charge in [-0.05, 0) is 34.1 Å². The maximum atomic E-state index is 11.4. The van der Waals surface area contributed by atoms with Gasteiger partial charge in [0.25, 0.3) is 5.56 Å². The Kier molecular flexibility index (Phi) is 2.76. The molecule has 0 radical (unpaired) electrons. The highest BCUT2D eigenvalue weighted by atomic mass is 79.9. The molecule has 1 aromatic carbocycles. The van der Waals surface area contributed by atoms with Crippen LogP contribution in [0.3, 0.4) is 0 Å². The number of hydrogen-bond acceptors (Lipinski definition) is 5. The van der Waals surface area contributed by atoms with Crippen molar-refractivity contribution in [1.82, 2.24) is 9.97 Å². The average Bonchev–Trinajstić information content (AvgIpc) is 2.29. The molecule has 17 heavy (non-hydrogen) atoms. The third-order valence-corrected chi connectivity index (χ3v) is 2.81. The molecule has 0 amide bonds. The highest BCUT2D eigenvalue weighted by molar-refractivity contribution is 9.10. The van der Waals surface area contributed by atoms with E-state index < -0.39 is 11.4 Å². The monoisotopic (exact) mass is 298 g/mol. The predicted molar refractivity (Wildman–Crippen MR) is 63.0 cm³/mol.